The number of esters is 1. The Morgan fingerprint density at radius 1 is 1.03 bits per heavy atom. The molecule has 162 valence electrons. The lowest BCUT2D eigenvalue weighted by Crippen LogP contribution is -2.51. The van der Waals surface area contributed by atoms with Gasteiger partial charge in [0.25, 0.3) is 0 Å². The third-order valence-corrected chi connectivity index (χ3v) is 6.01. The molecular weight excluding hydrogens is 362 g/mol. The van der Waals surface area contributed by atoms with Gasteiger partial charge in [-0.3, -0.25) is 4.79 Å². The Kier molecular flexibility index (Phi) is 8.30. The minimum absolute atomic E-state index is 0.0666. The van der Waals surface area contributed by atoms with Gasteiger partial charge in [-0.25, -0.2) is 4.79 Å². The van der Waals surface area contributed by atoms with Gasteiger partial charge in [-0.2, -0.15) is 0 Å². The van der Waals surface area contributed by atoms with E-state index in [1.54, 1.807) is 4.90 Å². The first-order chi connectivity index (χ1) is 13.7. The standard InChI is InChI=1S/C25H39NO3/c1-8-29-25(28)22-11-9-10-14-26(22)24(27)23(18(6)7)20-13-12-19(16(2)3)15-21(20)17(4)5/h12-13,15-18,22-23H,8-11,14H2,1-7H3. The van der Waals surface area contributed by atoms with E-state index in [0.717, 1.165) is 18.4 Å². The molecule has 0 aliphatic carbocycles. The fraction of sp³-hybridized carbons (Fsp3) is 0.680. The predicted molar refractivity (Wildman–Crippen MR) is 118 cm³/mol. The van der Waals surface area contributed by atoms with Gasteiger partial charge in [-0.05, 0) is 60.6 Å². The highest BCUT2D eigenvalue weighted by molar-refractivity contribution is 5.89. The number of hydrogen-bond donors (Lipinski definition) is 0. The summed E-state index contributed by atoms with van der Waals surface area (Å²) in [6, 6.07) is 6.13. The van der Waals surface area contributed by atoms with Crippen molar-refractivity contribution in [2.75, 3.05) is 13.2 Å². The van der Waals surface area contributed by atoms with Crippen molar-refractivity contribution in [3.63, 3.8) is 0 Å². The molecule has 1 amide bonds. The maximum absolute atomic E-state index is 13.8. The number of carbonyl (C=O) groups is 2. The first kappa shape index (κ1) is 23.4. The molecule has 0 radical (unpaired) electrons. The Balaban J connectivity index is 2.45. The Morgan fingerprint density at radius 2 is 1.72 bits per heavy atom. The van der Waals surface area contributed by atoms with E-state index in [9.17, 15) is 9.59 Å². The van der Waals surface area contributed by atoms with Crippen LogP contribution < -0.4 is 0 Å². The van der Waals surface area contributed by atoms with Crippen LogP contribution in [0.1, 0.15) is 102 Å². The van der Waals surface area contributed by atoms with Crippen molar-refractivity contribution in [2.24, 2.45) is 5.92 Å². The van der Waals surface area contributed by atoms with Gasteiger partial charge in [0.1, 0.15) is 6.04 Å². The van der Waals surface area contributed by atoms with E-state index in [0.29, 0.717) is 31.4 Å². The number of likely N-dealkylation sites (tertiary alicyclic amines) is 1. The summed E-state index contributed by atoms with van der Waals surface area (Å²) in [5.41, 5.74) is 3.65. The zero-order valence-corrected chi connectivity index (χ0v) is 19.3. The molecular formula is C25H39NO3. The van der Waals surface area contributed by atoms with Crippen molar-refractivity contribution in [3.8, 4) is 0 Å². The zero-order valence-electron chi connectivity index (χ0n) is 19.3. The summed E-state index contributed by atoms with van der Waals surface area (Å²) in [5.74, 6) is 0.488. The van der Waals surface area contributed by atoms with Crippen LogP contribution in [0.25, 0.3) is 0 Å². The number of rotatable bonds is 7. The molecule has 1 aliphatic heterocycles. The van der Waals surface area contributed by atoms with Crippen molar-refractivity contribution in [1.82, 2.24) is 4.90 Å². The highest BCUT2D eigenvalue weighted by Gasteiger charge is 2.38. The van der Waals surface area contributed by atoms with E-state index in [-0.39, 0.29) is 23.7 Å². The molecule has 1 aliphatic rings. The maximum Gasteiger partial charge on any atom is 0.328 e. The Labute approximate surface area is 177 Å². The zero-order chi connectivity index (χ0) is 21.7. The highest BCUT2D eigenvalue weighted by atomic mass is 16.5. The first-order valence-corrected chi connectivity index (χ1v) is 11.3. The summed E-state index contributed by atoms with van der Waals surface area (Å²) in [4.78, 5) is 28.1. The summed E-state index contributed by atoms with van der Waals surface area (Å²) < 4.78 is 5.28. The van der Waals surface area contributed by atoms with Crippen molar-refractivity contribution in [2.45, 2.75) is 91.5 Å². The van der Waals surface area contributed by atoms with Gasteiger partial charge in [0, 0.05) is 6.54 Å². The van der Waals surface area contributed by atoms with Crippen molar-refractivity contribution in [1.29, 1.82) is 0 Å². The predicted octanol–water partition coefficient (Wildman–Crippen LogP) is 5.62. The molecule has 1 aromatic carbocycles. The summed E-state index contributed by atoms with van der Waals surface area (Å²) in [7, 11) is 0. The van der Waals surface area contributed by atoms with Crippen molar-refractivity contribution in [3.05, 3.63) is 34.9 Å². The first-order valence-electron chi connectivity index (χ1n) is 11.3. The monoisotopic (exact) mass is 401 g/mol. The molecule has 0 N–H and O–H groups in total. The quantitative estimate of drug-likeness (QED) is 0.557. The number of nitrogens with zero attached hydrogens (tertiary/aromatic N) is 1. The summed E-state index contributed by atoms with van der Waals surface area (Å²) in [6.45, 7) is 15.8. The second kappa shape index (κ2) is 10.3. The molecule has 1 aromatic rings. The normalized spacial score (nSPS) is 18.4. The van der Waals surface area contributed by atoms with Gasteiger partial charge in [-0.15, -0.1) is 0 Å². The molecule has 29 heavy (non-hydrogen) atoms. The minimum atomic E-state index is -0.449. The van der Waals surface area contributed by atoms with Crippen LogP contribution in [0.4, 0.5) is 0 Å². The second-order valence-electron chi connectivity index (χ2n) is 9.21. The number of hydrogen-bond acceptors (Lipinski definition) is 3. The van der Waals surface area contributed by atoms with E-state index in [1.165, 1.54) is 11.1 Å². The van der Waals surface area contributed by atoms with E-state index in [1.807, 2.05) is 6.92 Å². The number of piperidine rings is 1. The lowest BCUT2D eigenvalue weighted by Gasteiger charge is -2.38. The van der Waals surface area contributed by atoms with Gasteiger partial charge in [0.2, 0.25) is 5.91 Å². The number of amides is 1. The van der Waals surface area contributed by atoms with Gasteiger partial charge in [0.15, 0.2) is 0 Å². The van der Waals surface area contributed by atoms with Crippen LogP contribution in [-0.4, -0.2) is 36.0 Å². The Hall–Kier alpha value is -1.84. The minimum Gasteiger partial charge on any atom is -0.464 e. The summed E-state index contributed by atoms with van der Waals surface area (Å²) >= 11 is 0. The third kappa shape index (κ3) is 5.40. The Morgan fingerprint density at radius 3 is 2.28 bits per heavy atom. The molecule has 4 heteroatoms. The fourth-order valence-electron chi connectivity index (χ4n) is 4.37. The lowest BCUT2D eigenvalue weighted by atomic mass is 9.79. The lowest BCUT2D eigenvalue weighted by molar-refractivity contribution is -0.157. The van der Waals surface area contributed by atoms with Crippen LogP contribution in [0.2, 0.25) is 0 Å². The van der Waals surface area contributed by atoms with Crippen molar-refractivity contribution >= 4 is 11.9 Å². The average molecular weight is 402 g/mol. The molecule has 0 spiro atoms. The van der Waals surface area contributed by atoms with Crippen LogP contribution in [-0.2, 0) is 14.3 Å². The van der Waals surface area contributed by atoms with E-state index >= 15 is 0 Å². The second-order valence-corrected chi connectivity index (χ2v) is 9.21. The molecule has 2 atom stereocenters. The fourth-order valence-corrected chi connectivity index (χ4v) is 4.37. The SMILES string of the molecule is CCOC(=O)C1CCCCN1C(=O)C(c1ccc(C(C)C)cc1C(C)C)C(C)C. The average Bonchev–Trinajstić information content (AvgIpc) is 2.67. The third-order valence-electron chi connectivity index (χ3n) is 6.01. The molecule has 1 fully saturated rings. The van der Waals surface area contributed by atoms with Gasteiger partial charge in [-0.1, -0.05) is 59.7 Å². The summed E-state index contributed by atoms with van der Waals surface area (Å²) in [5, 5.41) is 0. The van der Waals surface area contributed by atoms with Gasteiger partial charge < -0.3 is 9.64 Å². The van der Waals surface area contributed by atoms with Crippen LogP contribution in [0.5, 0.6) is 0 Å². The van der Waals surface area contributed by atoms with Gasteiger partial charge in [0.05, 0.1) is 12.5 Å². The van der Waals surface area contributed by atoms with E-state index < -0.39 is 6.04 Å². The molecule has 4 nitrogen and oxygen atoms in total. The molecule has 2 rings (SSSR count). The molecule has 0 saturated carbocycles. The smallest absolute Gasteiger partial charge is 0.328 e. The highest BCUT2D eigenvalue weighted by Crippen LogP contribution is 2.36. The topological polar surface area (TPSA) is 46.6 Å². The van der Waals surface area contributed by atoms with Crippen molar-refractivity contribution < 1.29 is 14.3 Å². The van der Waals surface area contributed by atoms with Crippen LogP contribution in [0, 0.1) is 5.92 Å². The Bertz CT molecular complexity index is 708. The largest absolute Gasteiger partial charge is 0.464 e. The molecule has 0 aromatic heterocycles. The summed E-state index contributed by atoms with van der Waals surface area (Å²) in [6.07, 6.45) is 2.59. The molecule has 0 bridgehead atoms. The molecule has 1 saturated heterocycles. The van der Waals surface area contributed by atoms with E-state index in [4.69, 9.17) is 4.74 Å². The maximum atomic E-state index is 13.8. The van der Waals surface area contributed by atoms with E-state index in [2.05, 4.69) is 59.7 Å². The number of benzene rings is 1. The number of carbonyl (C=O) groups excluding carboxylic acids is 2. The molecule has 2 unspecified atom stereocenters. The number of ether oxygens (including phenoxy) is 1. The van der Waals surface area contributed by atoms with Crippen LogP contribution >= 0.6 is 0 Å². The van der Waals surface area contributed by atoms with Crippen LogP contribution in [0.15, 0.2) is 18.2 Å². The van der Waals surface area contributed by atoms with Gasteiger partial charge >= 0.3 is 5.97 Å². The van der Waals surface area contributed by atoms with Crippen LogP contribution in [0.3, 0.4) is 0 Å². The molecule has 1 heterocycles.